The molecular formula is C8H8AsClO2. The summed E-state index contributed by atoms with van der Waals surface area (Å²) in [5.74, 6) is -0.896. The van der Waals surface area contributed by atoms with E-state index in [-0.39, 0.29) is 0 Å². The fourth-order valence-corrected chi connectivity index (χ4v) is 3.35. The zero-order chi connectivity index (χ0) is 9.14. The van der Waals surface area contributed by atoms with E-state index in [2.05, 4.69) is 0 Å². The van der Waals surface area contributed by atoms with Crippen LogP contribution in [0.3, 0.4) is 0 Å². The Morgan fingerprint density at radius 3 is 2.50 bits per heavy atom. The van der Waals surface area contributed by atoms with Crippen molar-refractivity contribution in [2.75, 3.05) is 0 Å². The molecule has 0 aliphatic carbocycles. The van der Waals surface area contributed by atoms with E-state index >= 15 is 0 Å². The fourth-order valence-electron chi connectivity index (χ4n) is 0.923. The van der Waals surface area contributed by atoms with Gasteiger partial charge >= 0.3 is 79.4 Å². The van der Waals surface area contributed by atoms with Gasteiger partial charge in [0.25, 0.3) is 0 Å². The molecule has 1 N–H and O–H groups in total. The summed E-state index contributed by atoms with van der Waals surface area (Å²) in [6.07, 6.45) is 0. The zero-order valence-corrected chi connectivity index (χ0v) is 9.12. The Bertz CT molecular complexity index is 299. The van der Waals surface area contributed by atoms with E-state index < -0.39 is 19.7 Å². The van der Waals surface area contributed by atoms with Crippen molar-refractivity contribution in [3.05, 3.63) is 29.8 Å². The van der Waals surface area contributed by atoms with Crippen LogP contribution in [0, 0.1) is 0 Å². The van der Waals surface area contributed by atoms with E-state index in [4.69, 9.17) is 15.1 Å². The second-order valence-corrected chi connectivity index (χ2v) is 7.95. The van der Waals surface area contributed by atoms with E-state index in [0.29, 0.717) is 5.56 Å². The number of carbonyl (C=O) groups is 1. The average molecular weight is 247 g/mol. The standard InChI is InChI=1S/C8H8AsClO2/c1-9(10)7-5-3-2-4-6(7)8(11)12/h2-5H,1H3,(H,11,12). The molecule has 0 heterocycles. The molecule has 0 radical (unpaired) electrons. The molecule has 0 fully saturated rings. The maximum absolute atomic E-state index is 10.7. The minimum absolute atomic E-state index is 0.343. The van der Waals surface area contributed by atoms with Crippen LogP contribution in [0.4, 0.5) is 0 Å². The van der Waals surface area contributed by atoms with Crippen molar-refractivity contribution >= 4 is 34.0 Å². The number of carboxylic acids is 1. The monoisotopic (exact) mass is 246 g/mol. The first-order valence-corrected chi connectivity index (χ1v) is 8.63. The number of aromatic carboxylic acids is 1. The number of benzene rings is 1. The van der Waals surface area contributed by atoms with Crippen LogP contribution < -0.4 is 4.35 Å². The molecule has 0 aliphatic heterocycles. The summed E-state index contributed by atoms with van der Waals surface area (Å²) < 4.78 is 0.805. The maximum atomic E-state index is 10.7. The molecular weight excluding hydrogens is 238 g/mol. The van der Waals surface area contributed by atoms with Gasteiger partial charge in [0.1, 0.15) is 0 Å². The molecule has 0 saturated heterocycles. The van der Waals surface area contributed by atoms with Gasteiger partial charge in [-0.05, 0) is 0 Å². The number of hydrogen-bond acceptors (Lipinski definition) is 1. The molecule has 1 aromatic carbocycles. The molecule has 0 bridgehead atoms. The SMILES string of the molecule is C[As](Cl)c1ccccc1C(=O)O. The molecule has 4 heteroatoms. The van der Waals surface area contributed by atoms with Gasteiger partial charge in [0.15, 0.2) is 0 Å². The number of rotatable bonds is 2. The van der Waals surface area contributed by atoms with Crippen LogP contribution >= 0.6 is 9.95 Å². The van der Waals surface area contributed by atoms with Crippen molar-refractivity contribution in [2.24, 2.45) is 0 Å². The van der Waals surface area contributed by atoms with Crippen LogP contribution in [0.5, 0.6) is 0 Å². The summed E-state index contributed by atoms with van der Waals surface area (Å²) in [5.41, 5.74) is 2.24. The summed E-state index contributed by atoms with van der Waals surface area (Å²) in [6.45, 7) is 0. The predicted octanol–water partition coefficient (Wildman–Crippen LogP) is 1.45. The second kappa shape index (κ2) is 3.97. The van der Waals surface area contributed by atoms with Gasteiger partial charge in [0.05, 0.1) is 0 Å². The normalized spacial score (nSPS) is 12.5. The Hall–Kier alpha value is -0.462. The summed E-state index contributed by atoms with van der Waals surface area (Å²) >= 11 is -1.60. The van der Waals surface area contributed by atoms with Crippen LogP contribution in [0.1, 0.15) is 10.4 Å². The van der Waals surface area contributed by atoms with Gasteiger partial charge in [0, 0.05) is 0 Å². The first-order valence-electron chi connectivity index (χ1n) is 3.34. The van der Waals surface area contributed by atoms with E-state index in [9.17, 15) is 4.79 Å². The van der Waals surface area contributed by atoms with Gasteiger partial charge in [-0.15, -0.1) is 0 Å². The summed E-state index contributed by atoms with van der Waals surface area (Å²) in [6, 6.07) is 6.90. The van der Waals surface area contributed by atoms with Crippen LogP contribution in [0.25, 0.3) is 0 Å². The van der Waals surface area contributed by atoms with Crippen LogP contribution in [0.2, 0.25) is 5.71 Å². The van der Waals surface area contributed by atoms with Crippen molar-refractivity contribution in [3.8, 4) is 0 Å². The first kappa shape index (κ1) is 9.63. The molecule has 0 saturated carbocycles. The molecule has 0 aliphatic rings. The third-order valence-electron chi connectivity index (χ3n) is 1.47. The molecule has 1 rings (SSSR count). The van der Waals surface area contributed by atoms with Crippen molar-refractivity contribution in [3.63, 3.8) is 0 Å². The van der Waals surface area contributed by atoms with Gasteiger partial charge in [-0.1, -0.05) is 0 Å². The quantitative estimate of drug-likeness (QED) is 0.802. The van der Waals surface area contributed by atoms with Crippen LogP contribution in [-0.2, 0) is 0 Å². The predicted molar refractivity (Wildman–Crippen MR) is 50.5 cm³/mol. The van der Waals surface area contributed by atoms with E-state index in [1.165, 1.54) is 0 Å². The molecule has 1 unspecified atom stereocenters. The van der Waals surface area contributed by atoms with Crippen LogP contribution in [-0.4, -0.2) is 24.8 Å². The van der Waals surface area contributed by atoms with Gasteiger partial charge in [-0.3, -0.25) is 0 Å². The third-order valence-corrected chi connectivity index (χ3v) is 4.62. The van der Waals surface area contributed by atoms with Crippen LogP contribution in [0.15, 0.2) is 24.3 Å². The Kier molecular flexibility index (Phi) is 3.19. The average Bonchev–Trinajstić information content (AvgIpc) is 2.04. The van der Waals surface area contributed by atoms with E-state index in [1.54, 1.807) is 18.2 Å². The van der Waals surface area contributed by atoms with Gasteiger partial charge in [0.2, 0.25) is 0 Å². The van der Waals surface area contributed by atoms with E-state index in [0.717, 1.165) is 4.35 Å². The summed E-state index contributed by atoms with van der Waals surface area (Å²) in [5, 5.41) is 8.78. The molecule has 12 heavy (non-hydrogen) atoms. The fraction of sp³-hybridized carbons (Fsp3) is 0.125. The summed E-state index contributed by atoms with van der Waals surface area (Å²) in [7, 11) is 5.93. The zero-order valence-electron chi connectivity index (χ0n) is 6.49. The summed E-state index contributed by atoms with van der Waals surface area (Å²) in [4.78, 5) is 10.7. The molecule has 0 amide bonds. The molecule has 0 spiro atoms. The Labute approximate surface area is 79.6 Å². The third kappa shape index (κ3) is 2.02. The minimum atomic E-state index is -1.60. The molecule has 1 atom stereocenters. The molecule has 2 nitrogen and oxygen atoms in total. The Morgan fingerprint density at radius 2 is 2.08 bits per heavy atom. The number of hydrogen-bond donors (Lipinski definition) is 1. The van der Waals surface area contributed by atoms with Gasteiger partial charge in [-0.25, -0.2) is 0 Å². The number of carboxylic acid groups (broad SMARTS) is 1. The molecule has 0 aromatic heterocycles. The van der Waals surface area contributed by atoms with Crippen molar-refractivity contribution in [1.82, 2.24) is 0 Å². The van der Waals surface area contributed by atoms with Crippen molar-refractivity contribution in [1.29, 1.82) is 0 Å². The Morgan fingerprint density at radius 1 is 1.50 bits per heavy atom. The first-order chi connectivity index (χ1) is 5.63. The molecule has 64 valence electrons. The molecule has 1 aromatic rings. The van der Waals surface area contributed by atoms with E-state index in [1.807, 2.05) is 11.8 Å². The van der Waals surface area contributed by atoms with Crippen molar-refractivity contribution < 1.29 is 9.90 Å². The Balaban J connectivity index is 3.17. The topological polar surface area (TPSA) is 37.3 Å². The van der Waals surface area contributed by atoms with Gasteiger partial charge < -0.3 is 0 Å². The second-order valence-electron chi connectivity index (χ2n) is 2.30. The van der Waals surface area contributed by atoms with Crippen molar-refractivity contribution in [2.45, 2.75) is 5.71 Å². The number of halogens is 1. The van der Waals surface area contributed by atoms with Gasteiger partial charge in [-0.2, -0.15) is 0 Å².